The van der Waals surface area contributed by atoms with Crippen molar-refractivity contribution in [1.29, 1.82) is 0 Å². The Morgan fingerprint density at radius 3 is 2.96 bits per heavy atom. The number of benzene rings is 2. The summed E-state index contributed by atoms with van der Waals surface area (Å²) in [7, 11) is 0. The molecule has 5 heteroatoms. The molecule has 0 saturated carbocycles. The third kappa shape index (κ3) is 4.51. The van der Waals surface area contributed by atoms with E-state index in [1.54, 1.807) is 0 Å². The van der Waals surface area contributed by atoms with E-state index in [9.17, 15) is 4.79 Å². The normalized spacial score (nSPS) is 16.0. The van der Waals surface area contributed by atoms with Gasteiger partial charge < -0.3 is 15.4 Å². The zero-order chi connectivity index (χ0) is 16.8. The lowest BCUT2D eigenvalue weighted by atomic mass is 10.0. The van der Waals surface area contributed by atoms with E-state index in [1.165, 1.54) is 5.56 Å². The first-order valence-corrected chi connectivity index (χ1v) is 9.02. The molecule has 1 aliphatic heterocycles. The summed E-state index contributed by atoms with van der Waals surface area (Å²) in [4.78, 5) is 12.1. The minimum absolute atomic E-state index is 0.0139. The summed E-state index contributed by atoms with van der Waals surface area (Å²) >= 11 is 3.47. The summed E-state index contributed by atoms with van der Waals surface area (Å²) in [5, 5.41) is 5.99. The number of carbonyl (C=O) groups is 1. The van der Waals surface area contributed by atoms with Crippen LogP contribution in [0.2, 0.25) is 0 Å². The fourth-order valence-corrected chi connectivity index (χ4v) is 3.33. The van der Waals surface area contributed by atoms with Crippen LogP contribution in [-0.2, 0) is 6.42 Å². The summed E-state index contributed by atoms with van der Waals surface area (Å²) in [5.41, 5.74) is 2.32. The molecule has 126 valence electrons. The maximum Gasteiger partial charge on any atom is 0.315 e. The number of rotatable bonds is 5. The van der Waals surface area contributed by atoms with Crippen LogP contribution in [-0.4, -0.2) is 19.2 Å². The molecule has 1 atom stereocenters. The van der Waals surface area contributed by atoms with Crippen molar-refractivity contribution in [2.24, 2.45) is 0 Å². The average molecular weight is 389 g/mol. The van der Waals surface area contributed by atoms with Crippen molar-refractivity contribution in [3.63, 3.8) is 0 Å². The zero-order valence-corrected chi connectivity index (χ0v) is 15.0. The van der Waals surface area contributed by atoms with Gasteiger partial charge in [0, 0.05) is 23.0 Å². The summed E-state index contributed by atoms with van der Waals surface area (Å²) in [5.74, 6) is 0.865. The van der Waals surface area contributed by atoms with Crippen molar-refractivity contribution < 1.29 is 9.53 Å². The Labute approximate surface area is 150 Å². The molecule has 1 heterocycles. The minimum Gasteiger partial charge on any atom is -0.493 e. The van der Waals surface area contributed by atoms with Crippen molar-refractivity contribution in [3.05, 3.63) is 64.1 Å². The lowest BCUT2D eigenvalue weighted by Gasteiger charge is -2.26. The Morgan fingerprint density at radius 1 is 1.21 bits per heavy atom. The van der Waals surface area contributed by atoms with E-state index in [0.717, 1.165) is 35.0 Å². The standard InChI is InChI=1S/C19H21BrN2O2/c20-15-7-3-5-14(13-15)6-4-11-21-19(23)22-17-10-12-24-18-9-2-1-8-16(17)18/h1-3,5,7-9,13,17H,4,6,10-12H2,(H2,21,22,23). The van der Waals surface area contributed by atoms with E-state index >= 15 is 0 Å². The molecule has 0 aromatic heterocycles. The number of hydrogen-bond donors (Lipinski definition) is 2. The monoisotopic (exact) mass is 388 g/mol. The largest absolute Gasteiger partial charge is 0.493 e. The smallest absolute Gasteiger partial charge is 0.315 e. The van der Waals surface area contributed by atoms with Gasteiger partial charge in [-0.15, -0.1) is 0 Å². The molecule has 2 N–H and O–H groups in total. The molecule has 4 nitrogen and oxygen atoms in total. The molecule has 2 aromatic carbocycles. The third-order valence-corrected chi connectivity index (χ3v) is 4.57. The van der Waals surface area contributed by atoms with Gasteiger partial charge in [0.1, 0.15) is 5.75 Å². The number of ether oxygens (including phenoxy) is 1. The Kier molecular flexibility index (Phi) is 5.75. The Hall–Kier alpha value is -2.01. The van der Waals surface area contributed by atoms with Gasteiger partial charge in [-0.25, -0.2) is 4.79 Å². The van der Waals surface area contributed by atoms with Gasteiger partial charge in [0.05, 0.1) is 12.6 Å². The maximum atomic E-state index is 12.1. The minimum atomic E-state index is -0.119. The highest BCUT2D eigenvalue weighted by Gasteiger charge is 2.22. The van der Waals surface area contributed by atoms with Gasteiger partial charge >= 0.3 is 6.03 Å². The molecular formula is C19H21BrN2O2. The lowest BCUT2D eigenvalue weighted by Crippen LogP contribution is -2.40. The number of hydrogen-bond acceptors (Lipinski definition) is 2. The zero-order valence-electron chi connectivity index (χ0n) is 13.4. The first-order valence-electron chi connectivity index (χ1n) is 8.23. The highest BCUT2D eigenvalue weighted by Crippen LogP contribution is 2.31. The van der Waals surface area contributed by atoms with Crippen LogP contribution in [0.1, 0.15) is 30.0 Å². The molecule has 0 saturated heterocycles. The number of nitrogens with one attached hydrogen (secondary N) is 2. The highest BCUT2D eigenvalue weighted by atomic mass is 79.9. The van der Waals surface area contributed by atoms with Gasteiger partial charge in [-0.05, 0) is 36.6 Å². The van der Waals surface area contributed by atoms with E-state index < -0.39 is 0 Å². The molecule has 1 unspecified atom stereocenters. The Bertz CT molecular complexity index is 705. The van der Waals surface area contributed by atoms with Gasteiger partial charge in [0.15, 0.2) is 0 Å². The van der Waals surface area contributed by atoms with Crippen molar-refractivity contribution in [2.75, 3.05) is 13.2 Å². The van der Waals surface area contributed by atoms with Gasteiger partial charge in [0.25, 0.3) is 0 Å². The summed E-state index contributed by atoms with van der Waals surface area (Å²) in [6.45, 7) is 1.29. The molecule has 2 aromatic rings. The van der Waals surface area contributed by atoms with Gasteiger partial charge in [-0.2, -0.15) is 0 Å². The van der Waals surface area contributed by atoms with Crippen molar-refractivity contribution in [1.82, 2.24) is 10.6 Å². The van der Waals surface area contributed by atoms with Crippen LogP contribution in [0.5, 0.6) is 5.75 Å². The van der Waals surface area contributed by atoms with Gasteiger partial charge in [-0.3, -0.25) is 0 Å². The lowest BCUT2D eigenvalue weighted by molar-refractivity contribution is 0.223. The molecule has 3 rings (SSSR count). The second-order valence-electron chi connectivity index (χ2n) is 5.86. The van der Waals surface area contributed by atoms with E-state index in [2.05, 4.69) is 38.7 Å². The van der Waals surface area contributed by atoms with Crippen LogP contribution >= 0.6 is 15.9 Å². The summed E-state index contributed by atoms with van der Waals surface area (Å²) < 4.78 is 6.70. The molecule has 0 fully saturated rings. The number of aryl methyl sites for hydroxylation is 1. The molecule has 24 heavy (non-hydrogen) atoms. The van der Waals surface area contributed by atoms with Crippen LogP contribution in [0.25, 0.3) is 0 Å². The molecule has 1 aliphatic rings. The van der Waals surface area contributed by atoms with Gasteiger partial charge in [-0.1, -0.05) is 46.3 Å². The van der Waals surface area contributed by atoms with E-state index in [1.807, 2.05) is 36.4 Å². The van der Waals surface area contributed by atoms with Crippen LogP contribution in [0.4, 0.5) is 4.79 Å². The highest BCUT2D eigenvalue weighted by molar-refractivity contribution is 9.10. The SMILES string of the molecule is O=C(NCCCc1cccc(Br)c1)NC1CCOc2ccccc21. The van der Waals surface area contributed by atoms with Crippen molar-refractivity contribution in [2.45, 2.75) is 25.3 Å². The fraction of sp³-hybridized carbons (Fsp3) is 0.316. The van der Waals surface area contributed by atoms with Crippen LogP contribution in [0.15, 0.2) is 53.0 Å². The third-order valence-electron chi connectivity index (χ3n) is 4.08. The first-order chi connectivity index (χ1) is 11.7. The molecule has 2 amide bonds. The number of para-hydroxylation sites is 1. The molecule has 0 spiro atoms. The van der Waals surface area contributed by atoms with E-state index in [-0.39, 0.29) is 12.1 Å². The summed E-state index contributed by atoms with van der Waals surface area (Å²) in [6.07, 6.45) is 2.65. The summed E-state index contributed by atoms with van der Waals surface area (Å²) in [6, 6.07) is 16.0. The fourth-order valence-electron chi connectivity index (χ4n) is 2.89. The van der Waals surface area contributed by atoms with Crippen LogP contribution in [0, 0.1) is 0 Å². The molecule has 0 bridgehead atoms. The number of halogens is 1. The van der Waals surface area contributed by atoms with Crippen molar-refractivity contribution >= 4 is 22.0 Å². The van der Waals surface area contributed by atoms with Gasteiger partial charge in [0.2, 0.25) is 0 Å². The van der Waals surface area contributed by atoms with Crippen LogP contribution in [0.3, 0.4) is 0 Å². The Morgan fingerprint density at radius 2 is 2.08 bits per heavy atom. The second-order valence-corrected chi connectivity index (χ2v) is 6.78. The first kappa shape index (κ1) is 16.8. The number of urea groups is 1. The number of fused-ring (bicyclic) bond motifs is 1. The predicted octanol–water partition coefficient (Wildman–Crippen LogP) is 4.20. The number of carbonyl (C=O) groups excluding carboxylic acids is 1. The van der Waals surface area contributed by atoms with E-state index in [4.69, 9.17) is 4.74 Å². The van der Waals surface area contributed by atoms with Crippen molar-refractivity contribution in [3.8, 4) is 5.75 Å². The molecule has 0 radical (unpaired) electrons. The van der Waals surface area contributed by atoms with E-state index in [0.29, 0.717) is 13.2 Å². The molecule has 0 aliphatic carbocycles. The predicted molar refractivity (Wildman–Crippen MR) is 98.3 cm³/mol. The average Bonchev–Trinajstić information content (AvgIpc) is 2.59. The quantitative estimate of drug-likeness (QED) is 0.753. The Balaban J connectivity index is 1.43. The number of amides is 2. The topological polar surface area (TPSA) is 50.4 Å². The van der Waals surface area contributed by atoms with Crippen LogP contribution < -0.4 is 15.4 Å². The maximum absolute atomic E-state index is 12.1. The molecular weight excluding hydrogens is 368 g/mol. The second kappa shape index (κ2) is 8.20.